The summed E-state index contributed by atoms with van der Waals surface area (Å²) in [5.74, 6) is -0.607. The number of nitrogens with zero attached hydrogens (tertiary/aromatic N) is 6. The number of fused-ring (bicyclic) bond motifs is 1. The number of benzene rings is 2. The van der Waals surface area contributed by atoms with Gasteiger partial charge in [-0.25, -0.2) is 18.2 Å². The number of sulfonamides is 1. The highest BCUT2D eigenvalue weighted by atomic mass is 32.2. The zero-order valence-corrected chi connectivity index (χ0v) is 30.1. The zero-order valence-electron chi connectivity index (χ0n) is 29.3. The lowest BCUT2D eigenvalue weighted by Crippen LogP contribution is -2.61. The molecule has 0 spiro atoms. The molecule has 3 amide bonds. The van der Waals surface area contributed by atoms with Gasteiger partial charge in [-0.05, 0) is 89.3 Å². The molecule has 0 saturated carbocycles. The number of methoxy groups -OCH3 is 1. The molecule has 3 aromatic rings. The van der Waals surface area contributed by atoms with Crippen molar-refractivity contribution in [3.8, 4) is 23.4 Å². The Morgan fingerprint density at radius 2 is 1.73 bits per heavy atom. The van der Waals surface area contributed by atoms with Crippen molar-refractivity contribution in [1.82, 2.24) is 25.0 Å². The van der Waals surface area contributed by atoms with E-state index in [1.165, 1.54) is 49.7 Å². The van der Waals surface area contributed by atoms with Gasteiger partial charge < -0.3 is 29.3 Å². The van der Waals surface area contributed by atoms with Gasteiger partial charge in [-0.2, -0.15) is 9.57 Å². The Morgan fingerprint density at radius 1 is 1.00 bits per heavy atom. The second-order valence-corrected chi connectivity index (χ2v) is 14.4. The van der Waals surface area contributed by atoms with E-state index < -0.39 is 27.5 Å². The van der Waals surface area contributed by atoms with Crippen molar-refractivity contribution in [3.05, 3.63) is 71.4 Å². The van der Waals surface area contributed by atoms with Crippen LogP contribution < -0.4 is 23.8 Å². The third-order valence-corrected chi connectivity index (χ3v) is 11.5. The van der Waals surface area contributed by atoms with Crippen LogP contribution in [0.25, 0.3) is 0 Å². The molecule has 2 fully saturated rings. The van der Waals surface area contributed by atoms with Gasteiger partial charge in [0, 0.05) is 50.0 Å². The lowest BCUT2D eigenvalue weighted by atomic mass is 9.83. The van der Waals surface area contributed by atoms with E-state index in [1.54, 1.807) is 30.9 Å². The lowest BCUT2D eigenvalue weighted by Gasteiger charge is -2.43. The predicted octanol–water partition coefficient (Wildman–Crippen LogP) is 3.16. The summed E-state index contributed by atoms with van der Waals surface area (Å²) in [5.41, 5.74) is -1.80. The van der Waals surface area contributed by atoms with Crippen molar-refractivity contribution in [2.45, 2.75) is 43.2 Å². The summed E-state index contributed by atoms with van der Waals surface area (Å²) in [6.07, 6.45) is 3.60. The van der Waals surface area contributed by atoms with Crippen LogP contribution in [0.1, 0.15) is 43.4 Å². The Hall–Kier alpha value is -4.91. The molecule has 51 heavy (non-hydrogen) atoms. The average Bonchev–Trinajstić information content (AvgIpc) is 3.39. The first-order chi connectivity index (χ1) is 24.6. The molecule has 2 saturated heterocycles. The fourth-order valence-corrected chi connectivity index (χ4v) is 8.74. The number of pyridine rings is 1. The van der Waals surface area contributed by atoms with Gasteiger partial charge >= 0.3 is 6.03 Å². The molecular weight excluding hydrogens is 675 g/mol. The Bertz CT molecular complexity index is 1940. The highest BCUT2D eigenvalue weighted by molar-refractivity contribution is 7.93. The molecular formula is C36H43N7O7S. The van der Waals surface area contributed by atoms with E-state index in [1.807, 2.05) is 0 Å². The molecule has 1 N–H and O–H groups in total. The SMILES string of the molecule is CCOc1cc(OC)ccc1S(=O)(=O)N1C(=O)C(NC(=O)N2CCN(C3CCN(C)CC3)CC2)(c2cccnc2OCC)c2cc(C#N)ccc21. The minimum absolute atomic E-state index is 0.0137. The summed E-state index contributed by atoms with van der Waals surface area (Å²) in [5, 5.41) is 12.9. The molecule has 0 aliphatic carbocycles. The maximum absolute atomic E-state index is 15.2. The first kappa shape index (κ1) is 35.9. The second kappa shape index (κ2) is 14.7. The summed E-state index contributed by atoms with van der Waals surface area (Å²) in [6.45, 7) is 7.96. The lowest BCUT2D eigenvalue weighted by molar-refractivity contribution is -0.121. The minimum Gasteiger partial charge on any atom is -0.497 e. The number of hydrogen-bond donors (Lipinski definition) is 1. The monoisotopic (exact) mass is 717 g/mol. The van der Waals surface area contributed by atoms with Gasteiger partial charge in [0.25, 0.3) is 15.9 Å². The van der Waals surface area contributed by atoms with Crippen molar-refractivity contribution in [2.75, 3.05) is 70.9 Å². The molecule has 3 aliphatic rings. The number of nitrogens with one attached hydrogen (secondary N) is 1. The number of ether oxygens (including phenoxy) is 3. The number of amides is 3. The predicted molar refractivity (Wildman–Crippen MR) is 188 cm³/mol. The number of piperazine rings is 1. The van der Waals surface area contributed by atoms with E-state index in [0.29, 0.717) is 42.3 Å². The number of likely N-dealkylation sites (tertiary alicyclic amines) is 1. The summed E-state index contributed by atoms with van der Waals surface area (Å²) in [6, 6.07) is 13.6. The molecule has 4 heterocycles. The number of rotatable bonds is 10. The van der Waals surface area contributed by atoms with Crippen LogP contribution in [0, 0.1) is 11.3 Å². The molecule has 270 valence electrons. The Labute approximate surface area is 298 Å². The van der Waals surface area contributed by atoms with Crippen LogP contribution >= 0.6 is 0 Å². The quantitative estimate of drug-likeness (QED) is 0.329. The molecule has 1 aromatic heterocycles. The number of nitriles is 1. The number of urea groups is 1. The molecule has 15 heteroatoms. The highest BCUT2D eigenvalue weighted by Crippen LogP contribution is 2.50. The normalized spacial score (nSPS) is 20.1. The first-order valence-electron chi connectivity index (χ1n) is 17.1. The highest BCUT2D eigenvalue weighted by Gasteiger charge is 2.59. The fraction of sp³-hybridized carbons (Fsp3) is 0.444. The fourth-order valence-electron chi connectivity index (χ4n) is 7.16. The molecule has 1 atom stereocenters. The summed E-state index contributed by atoms with van der Waals surface area (Å²) in [7, 11) is -1.14. The van der Waals surface area contributed by atoms with Crippen molar-refractivity contribution in [2.24, 2.45) is 0 Å². The average molecular weight is 718 g/mol. The van der Waals surface area contributed by atoms with E-state index in [4.69, 9.17) is 14.2 Å². The largest absolute Gasteiger partial charge is 0.497 e. The van der Waals surface area contributed by atoms with Crippen LogP contribution in [-0.2, 0) is 20.4 Å². The second-order valence-electron chi connectivity index (χ2n) is 12.7. The number of carbonyl (C=O) groups excluding carboxylic acids is 2. The molecule has 2 aromatic carbocycles. The van der Waals surface area contributed by atoms with Crippen molar-refractivity contribution in [3.63, 3.8) is 0 Å². The third kappa shape index (κ3) is 6.55. The van der Waals surface area contributed by atoms with Crippen molar-refractivity contribution >= 4 is 27.6 Å². The third-order valence-electron chi connectivity index (χ3n) is 9.78. The van der Waals surface area contributed by atoms with Gasteiger partial charge in [0.05, 0.1) is 43.2 Å². The van der Waals surface area contributed by atoms with Crippen LogP contribution in [0.5, 0.6) is 17.4 Å². The van der Waals surface area contributed by atoms with E-state index in [0.717, 1.165) is 25.9 Å². The van der Waals surface area contributed by atoms with Crippen LogP contribution in [-0.4, -0.2) is 113 Å². The first-order valence-corrected chi connectivity index (χ1v) is 18.6. The summed E-state index contributed by atoms with van der Waals surface area (Å²) in [4.78, 5) is 40.1. The maximum atomic E-state index is 15.2. The number of piperidine rings is 1. The molecule has 6 rings (SSSR count). The van der Waals surface area contributed by atoms with E-state index >= 15 is 4.79 Å². The number of anilines is 1. The summed E-state index contributed by atoms with van der Waals surface area (Å²) < 4.78 is 47.0. The van der Waals surface area contributed by atoms with Gasteiger partial charge in [-0.1, -0.05) is 0 Å². The van der Waals surface area contributed by atoms with Gasteiger partial charge in [-0.15, -0.1) is 0 Å². The van der Waals surface area contributed by atoms with Gasteiger partial charge in [0.1, 0.15) is 16.4 Å². The Morgan fingerprint density at radius 3 is 2.39 bits per heavy atom. The Balaban J connectivity index is 1.46. The van der Waals surface area contributed by atoms with Gasteiger partial charge in [0.2, 0.25) is 5.88 Å². The van der Waals surface area contributed by atoms with Crippen LogP contribution in [0.4, 0.5) is 10.5 Å². The van der Waals surface area contributed by atoms with Crippen molar-refractivity contribution in [1.29, 1.82) is 5.26 Å². The van der Waals surface area contributed by atoms with E-state index in [2.05, 4.69) is 33.2 Å². The Kier molecular flexibility index (Phi) is 10.4. The molecule has 14 nitrogen and oxygen atoms in total. The number of aromatic nitrogens is 1. The van der Waals surface area contributed by atoms with Crippen LogP contribution in [0.3, 0.4) is 0 Å². The molecule has 3 aliphatic heterocycles. The molecule has 0 bridgehead atoms. The maximum Gasteiger partial charge on any atom is 0.318 e. The number of carbonyl (C=O) groups is 2. The number of hydrogen-bond acceptors (Lipinski definition) is 11. The van der Waals surface area contributed by atoms with Crippen molar-refractivity contribution < 1.29 is 32.2 Å². The molecule has 0 radical (unpaired) electrons. The summed E-state index contributed by atoms with van der Waals surface area (Å²) >= 11 is 0. The van der Waals surface area contributed by atoms with E-state index in [9.17, 15) is 18.5 Å². The zero-order chi connectivity index (χ0) is 36.3. The van der Waals surface area contributed by atoms with E-state index in [-0.39, 0.29) is 52.1 Å². The minimum atomic E-state index is -4.70. The van der Waals surface area contributed by atoms with Gasteiger partial charge in [0.15, 0.2) is 5.54 Å². The van der Waals surface area contributed by atoms with Crippen LogP contribution in [0.15, 0.2) is 59.6 Å². The molecule has 1 unspecified atom stereocenters. The smallest absolute Gasteiger partial charge is 0.318 e. The topological polar surface area (TPSA) is 158 Å². The van der Waals surface area contributed by atoms with Crippen LogP contribution in [0.2, 0.25) is 0 Å². The van der Waals surface area contributed by atoms with Gasteiger partial charge in [-0.3, -0.25) is 9.69 Å². The standard InChI is InChI=1S/C36H43N7O7S/c1-5-49-31-23-27(48-4)10-12-32(31)51(46,47)43-30-11-9-25(24-37)22-29(30)36(34(43)44,28-8-7-15-38-33(28)50-6-2)39-35(45)42-20-18-41(19-21-42)26-13-16-40(3)17-14-26/h7-12,15,22-23,26H,5-6,13-14,16-21H2,1-4H3,(H,39,45).